The second-order valence-corrected chi connectivity index (χ2v) is 6.59. The number of hydrogen-bond acceptors (Lipinski definition) is 3. The fraction of sp³-hybridized carbons (Fsp3) is 0.0870. The van der Waals surface area contributed by atoms with Crippen LogP contribution < -0.4 is 5.32 Å². The van der Waals surface area contributed by atoms with Crippen molar-refractivity contribution in [2.45, 2.75) is 13.8 Å². The molecule has 5 heteroatoms. The smallest absolute Gasteiger partial charge is 0.295 e. The molecule has 1 heterocycles. The third-order valence-electron chi connectivity index (χ3n) is 4.58. The van der Waals surface area contributed by atoms with Crippen LogP contribution in [0.3, 0.4) is 0 Å². The summed E-state index contributed by atoms with van der Waals surface area (Å²) in [6, 6.07) is 25.3. The molecule has 4 rings (SSSR count). The van der Waals surface area contributed by atoms with Gasteiger partial charge in [-0.3, -0.25) is 4.79 Å². The number of carbonyl (C=O) groups excluding carboxylic acids is 1. The second kappa shape index (κ2) is 7.48. The summed E-state index contributed by atoms with van der Waals surface area (Å²) >= 11 is 0. The van der Waals surface area contributed by atoms with Crippen LogP contribution in [0.1, 0.15) is 21.7 Å². The van der Waals surface area contributed by atoms with Gasteiger partial charge in [-0.1, -0.05) is 66.7 Å². The highest BCUT2D eigenvalue weighted by atomic mass is 16.2. The van der Waals surface area contributed by atoms with Crippen molar-refractivity contribution in [2.24, 2.45) is 0 Å². The molecule has 1 N–H and O–H groups in total. The van der Waals surface area contributed by atoms with Crippen molar-refractivity contribution < 1.29 is 4.79 Å². The lowest BCUT2D eigenvalue weighted by atomic mass is 10.2. The maximum atomic E-state index is 12.8. The summed E-state index contributed by atoms with van der Waals surface area (Å²) in [5.41, 5.74) is 4.57. The molecule has 0 unspecified atom stereocenters. The van der Waals surface area contributed by atoms with E-state index in [1.807, 2.05) is 92.7 Å². The molecule has 0 saturated carbocycles. The number of benzene rings is 3. The van der Waals surface area contributed by atoms with Crippen LogP contribution in [0.4, 0.5) is 5.69 Å². The zero-order valence-corrected chi connectivity index (χ0v) is 15.8. The number of rotatable bonds is 4. The predicted octanol–water partition coefficient (Wildman–Crippen LogP) is 4.80. The highest BCUT2D eigenvalue weighted by Gasteiger charge is 2.20. The Balaban J connectivity index is 1.79. The molecule has 0 spiro atoms. The van der Waals surface area contributed by atoms with Crippen LogP contribution in [0.5, 0.6) is 0 Å². The summed E-state index contributed by atoms with van der Waals surface area (Å²) in [6.07, 6.45) is 0. The van der Waals surface area contributed by atoms with Gasteiger partial charge in [0.1, 0.15) is 0 Å². The lowest BCUT2D eigenvalue weighted by Gasteiger charge is -2.08. The Morgan fingerprint density at radius 3 is 2.18 bits per heavy atom. The Kier molecular flexibility index (Phi) is 4.72. The van der Waals surface area contributed by atoms with E-state index in [9.17, 15) is 4.79 Å². The largest absolute Gasteiger partial charge is 0.319 e. The zero-order valence-electron chi connectivity index (χ0n) is 15.8. The van der Waals surface area contributed by atoms with Crippen molar-refractivity contribution in [1.29, 1.82) is 0 Å². The lowest BCUT2D eigenvalue weighted by molar-refractivity contribution is 0.101. The fourth-order valence-electron chi connectivity index (χ4n) is 3.04. The molecule has 1 aromatic heterocycles. The number of anilines is 1. The van der Waals surface area contributed by atoms with Gasteiger partial charge in [0.25, 0.3) is 5.91 Å². The van der Waals surface area contributed by atoms with E-state index in [0.717, 1.165) is 28.1 Å². The highest BCUT2D eigenvalue weighted by molar-refractivity contribution is 6.02. The summed E-state index contributed by atoms with van der Waals surface area (Å²) in [7, 11) is 0. The van der Waals surface area contributed by atoms with Gasteiger partial charge in [0, 0.05) is 11.3 Å². The van der Waals surface area contributed by atoms with Crippen LogP contribution in [-0.4, -0.2) is 20.7 Å². The van der Waals surface area contributed by atoms with E-state index in [2.05, 4.69) is 15.4 Å². The molecule has 4 aromatic rings. The van der Waals surface area contributed by atoms with E-state index < -0.39 is 0 Å². The second-order valence-electron chi connectivity index (χ2n) is 6.59. The third kappa shape index (κ3) is 3.42. The van der Waals surface area contributed by atoms with Gasteiger partial charge in [-0.25, -0.2) is 9.67 Å². The van der Waals surface area contributed by atoms with Crippen LogP contribution >= 0.6 is 0 Å². The maximum absolute atomic E-state index is 12.8. The number of nitrogens with zero attached hydrogens (tertiary/aromatic N) is 3. The molecule has 0 atom stereocenters. The van der Waals surface area contributed by atoms with E-state index in [1.54, 1.807) is 4.68 Å². The van der Waals surface area contributed by atoms with Gasteiger partial charge in [-0.05, 0) is 37.1 Å². The first kappa shape index (κ1) is 17.7. The van der Waals surface area contributed by atoms with Crippen molar-refractivity contribution in [3.05, 3.63) is 95.8 Å². The number of para-hydroxylation sites is 2. The van der Waals surface area contributed by atoms with Crippen LogP contribution in [0.15, 0.2) is 78.9 Å². The molecule has 0 aliphatic rings. The van der Waals surface area contributed by atoms with Crippen LogP contribution in [0.2, 0.25) is 0 Å². The highest BCUT2D eigenvalue weighted by Crippen LogP contribution is 2.23. The minimum atomic E-state index is -0.334. The molecule has 138 valence electrons. The Hall–Kier alpha value is -3.73. The summed E-state index contributed by atoms with van der Waals surface area (Å²) in [4.78, 5) is 17.4. The number of hydrogen-bond donors (Lipinski definition) is 1. The van der Waals surface area contributed by atoms with Crippen molar-refractivity contribution in [3.63, 3.8) is 0 Å². The Morgan fingerprint density at radius 2 is 1.46 bits per heavy atom. The van der Waals surface area contributed by atoms with Gasteiger partial charge in [0.2, 0.25) is 5.82 Å². The van der Waals surface area contributed by atoms with Crippen molar-refractivity contribution >= 4 is 11.6 Å². The van der Waals surface area contributed by atoms with E-state index in [1.165, 1.54) is 0 Å². The molecule has 28 heavy (non-hydrogen) atoms. The fourth-order valence-corrected chi connectivity index (χ4v) is 3.04. The normalized spacial score (nSPS) is 10.6. The van der Waals surface area contributed by atoms with Gasteiger partial charge in [-0.15, -0.1) is 5.10 Å². The van der Waals surface area contributed by atoms with Gasteiger partial charge in [0.05, 0.1) is 5.69 Å². The minimum absolute atomic E-state index is 0.130. The van der Waals surface area contributed by atoms with Gasteiger partial charge < -0.3 is 5.32 Å². The summed E-state index contributed by atoms with van der Waals surface area (Å²) in [6.45, 7) is 3.96. The quantitative estimate of drug-likeness (QED) is 0.563. The van der Waals surface area contributed by atoms with E-state index in [4.69, 9.17) is 0 Å². The topological polar surface area (TPSA) is 59.8 Å². The monoisotopic (exact) mass is 368 g/mol. The molecular weight excluding hydrogens is 348 g/mol. The average Bonchev–Trinajstić information content (AvgIpc) is 3.16. The first-order valence-corrected chi connectivity index (χ1v) is 9.09. The zero-order chi connectivity index (χ0) is 19.5. The SMILES string of the molecule is Cc1ccccc1NC(=O)c1nc(-c2ccccc2)n(-c2ccccc2C)n1. The lowest BCUT2D eigenvalue weighted by Crippen LogP contribution is -2.15. The van der Waals surface area contributed by atoms with Gasteiger partial charge in [-0.2, -0.15) is 0 Å². The number of aromatic nitrogens is 3. The molecule has 0 saturated heterocycles. The number of nitrogens with one attached hydrogen (secondary N) is 1. The number of carbonyl (C=O) groups is 1. The Bertz CT molecular complexity index is 1130. The van der Waals surface area contributed by atoms with Crippen LogP contribution in [0.25, 0.3) is 17.1 Å². The van der Waals surface area contributed by atoms with Gasteiger partial charge in [0.15, 0.2) is 5.82 Å². The van der Waals surface area contributed by atoms with E-state index >= 15 is 0 Å². The van der Waals surface area contributed by atoms with Crippen LogP contribution in [0, 0.1) is 13.8 Å². The number of amides is 1. The molecule has 5 nitrogen and oxygen atoms in total. The molecule has 0 radical (unpaired) electrons. The summed E-state index contributed by atoms with van der Waals surface area (Å²) in [5, 5.41) is 7.44. The van der Waals surface area contributed by atoms with Crippen molar-refractivity contribution in [3.8, 4) is 17.1 Å². The van der Waals surface area contributed by atoms with Crippen LogP contribution in [-0.2, 0) is 0 Å². The third-order valence-corrected chi connectivity index (χ3v) is 4.58. The average molecular weight is 368 g/mol. The predicted molar refractivity (Wildman–Crippen MR) is 111 cm³/mol. The van der Waals surface area contributed by atoms with Crippen molar-refractivity contribution in [1.82, 2.24) is 14.8 Å². The molecule has 0 fully saturated rings. The molecule has 0 bridgehead atoms. The summed E-state index contributed by atoms with van der Waals surface area (Å²) in [5.74, 6) is 0.425. The van der Waals surface area contributed by atoms with Crippen molar-refractivity contribution in [2.75, 3.05) is 5.32 Å². The Labute approximate surface area is 163 Å². The minimum Gasteiger partial charge on any atom is -0.319 e. The van der Waals surface area contributed by atoms with Gasteiger partial charge >= 0.3 is 0 Å². The molecular formula is C23H20N4O. The first-order chi connectivity index (χ1) is 13.6. The summed E-state index contributed by atoms with van der Waals surface area (Å²) < 4.78 is 1.73. The molecule has 1 amide bonds. The Morgan fingerprint density at radius 1 is 0.821 bits per heavy atom. The van der Waals surface area contributed by atoms with E-state index in [0.29, 0.717) is 5.82 Å². The first-order valence-electron chi connectivity index (χ1n) is 9.09. The number of aryl methyl sites for hydroxylation is 2. The molecule has 0 aliphatic carbocycles. The molecule has 0 aliphatic heterocycles. The molecule has 3 aromatic carbocycles. The standard InChI is InChI=1S/C23H20N4O/c1-16-10-6-8-14-19(16)24-23(28)21-25-22(18-12-4-3-5-13-18)27(26-21)20-15-9-7-11-17(20)2/h3-15H,1-2H3,(H,24,28). The maximum Gasteiger partial charge on any atom is 0.295 e. The van der Waals surface area contributed by atoms with E-state index in [-0.39, 0.29) is 11.7 Å².